The number of nitrogens with zero attached hydrogens (tertiary/aromatic N) is 1. The lowest BCUT2D eigenvalue weighted by atomic mass is 9.83. The number of benzene rings is 1. The molecule has 0 radical (unpaired) electrons. The van der Waals surface area contributed by atoms with E-state index in [1.54, 1.807) is 0 Å². The molecule has 8 nitrogen and oxygen atoms in total. The maximum atomic E-state index is 13.7. The fourth-order valence-electron chi connectivity index (χ4n) is 5.22. The predicted molar refractivity (Wildman–Crippen MR) is 121 cm³/mol. The summed E-state index contributed by atoms with van der Waals surface area (Å²) in [5, 5.41) is 12.8. The van der Waals surface area contributed by atoms with E-state index >= 15 is 0 Å². The van der Waals surface area contributed by atoms with Gasteiger partial charge in [-0.1, -0.05) is 31.4 Å². The summed E-state index contributed by atoms with van der Waals surface area (Å²) in [5.74, 6) is -0.821. The second-order valence-corrected chi connectivity index (χ2v) is 9.40. The Balaban J connectivity index is 1.59. The van der Waals surface area contributed by atoms with E-state index in [-0.39, 0.29) is 43.2 Å². The zero-order valence-corrected chi connectivity index (χ0v) is 19.0. The van der Waals surface area contributed by atoms with Crippen LogP contribution < -0.4 is 10.1 Å². The highest BCUT2D eigenvalue weighted by Crippen LogP contribution is 2.30. The predicted octanol–water partition coefficient (Wildman–Crippen LogP) is 2.54. The average Bonchev–Trinajstić information content (AvgIpc) is 3.24. The smallest absolute Gasteiger partial charge is 0.326 e. The molecule has 0 spiro atoms. The van der Waals surface area contributed by atoms with Gasteiger partial charge in [0.2, 0.25) is 11.8 Å². The molecule has 1 aromatic carbocycles. The lowest BCUT2D eigenvalue weighted by Crippen LogP contribution is -2.55. The number of fused-ring (bicyclic) bond motifs is 4. The molecule has 33 heavy (non-hydrogen) atoms. The number of amides is 2. The molecule has 3 aliphatic rings. The van der Waals surface area contributed by atoms with Gasteiger partial charge in [-0.25, -0.2) is 4.79 Å². The molecule has 8 heteroatoms. The Labute approximate surface area is 194 Å². The van der Waals surface area contributed by atoms with E-state index in [9.17, 15) is 19.5 Å². The van der Waals surface area contributed by atoms with Crippen LogP contribution in [0.5, 0.6) is 5.75 Å². The van der Waals surface area contributed by atoms with Gasteiger partial charge in [0.05, 0.1) is 19.1 Å². The third kappa shape index (κ3) is 6.05. The topological polar surface area (TPSA) is 105 Å². The fourth-order valence-corrected chi connectivity index (χ4v) is 5.22. The number of carbonyl (C=O) groups excluding carboxylic acids is 2. The quantitative estimate of drug-likeness (QED) is 0.706. The van der Waals surface area contributed by atoms with Crippen LogP contribution in [0.4, 0.5) is 0 Å². The van der Waals surface area contributed by atoms with Crippen molar-refractivity contribution >= 4 is 17.8 Å². The number of ether oxygens (including phenoxy) is 2. The highest BCUT2D eigenvalue weighted by atomic mass is 16.5. The Hall–Kier alpha value is -2.61. The molecule has 3 atom stereocenters. The van der Waals surface area contributed by atoms with Crippen LogP contribution in [0.2, 0.25) is 0 Å². The molecule has 4 rings (SSSR count). The van der Waals surface area contributed by atoms with Gasteiger partial charge < -0.3 is 24.8 Å². The normalized spacial score (nSPS) is 28.0. The van der Waals surface area contributed by atoms with Crippen molar-refractivity contribution in [3.05, 3.63) is 29.8 Å². The number of nitrogens with one attached hydrogen (secondary N) is 1. The molecule has 2 fully saturated rings. The van der Waals surface area contributed by atoms with Gasteiger partial charge in [0.15, 0.2) is 0 Å². The highest BCUT2D eigenvalue weighted by molar-refractivity contribution is 5.91. The lowest BCUT2D eigenvalue weighted by molar-refractivity contribution is -0.150. The van der Waals surface area contributed by atoms with Crippen LogP contribution in [-0.2, 0) is 25.5 Å². The number of carbonyl (C=O) groups is 3. The van der Waals surface area contributed by atoms with Gasteiger partial charge in [0.25, 0.3) is 0 Å². The lowest BCUT2D eigenvalue weighted by Gasteiger charge is -2.34. The average molecular weight is 459 g/mol. The van der Waals surface area contributed by atoms with Gasteiger partial charge in [0, 0.05) is 19.6 Å². The first kappa shape index (κ1) is 23.5. The Bertz CT molecular complexity index is 853. The van der Waals surface area contributed by atoms with E-state index in [4.69, 9.17) is 9.47 Å². The Morgan fingerprint density at radius 3 is 2.64 bits per heavy atom. The van der Waals surface area contributed by atoms with Crippen molar-refractivity contribution in [3.8, 4) is 5.75 Å². The highest BCUT2D eigenvalue weighted by Gasteiger charge is 2.44. The maximum Gasteiger partial charge on any atom is 0.326 e. The van der Waals surface area contributed by atoms with Crippen LogP contribution in [0.1, 0.15) is 56.9 Å². The standard InChI is InChI=1S/C25H34N2O6/c28-22-14-17-7-6-10-19(13-17)32-11-4-5-12-33-20-15-21(25(30)31)27(16-20)24(29)23(26-22)18-8-2-1-3-9-18/h6-7,10,13,18,20-21,23H,1-5,8-9,11-12,14-16H2,(H,26,28)(H,30,31)/t20-,21+,23+/m1/s1. The van der Waals surface area contributed by atoms with Crippen LogP contribution in [-0.4, -0.2) is 65.7 Å². The summed E-state index contributed by atoms with van der Waals surface area (Å²) in [4.78, 5) is 40.0. The van der Waals surface area contributed by atoms with Gasteiger partial charge in [-0.05, 0) is 49.3 Å². The van der Waals surface area contributed by atoms with E-state index in [0.29, 0.717) is 13.2 Å². The van der Waals surface area contributed by atoms with Crippen molar-refractivity contribution < 1.29 is 29.0 Å². The number of carboxylic acids is 1. The van der Waals surface area contributed by atoms with Crippen LogP contribution in [0, 0.1) is 5.92 Å². The minimum Gasteiger partial charge on any atom is -0.494 e. The molecule has 0 unspecified atom stereocenters. The first-order valence-electron chi connectivity index (χ1n) is 12.2. The molecule has 2 N–H and O–H groups in total. The molecule has 1 aliphatic carbocycles. The SMILES string of the molecule is O=C1Cc2cccc(c2)OCCCCO[C@@H]2C[C@@H](C(=O)O)N(C2)C(=O)[C@H](C2CCCCC2)N1. The number of hydrogen-bond donors (Lipinski definition) is 2. The molecule has 1 saturated heterocycles. The molecule has 1 saturated carbocycles. The molecule has 1 aromatic rings. The largest absolute Gasteiger partial charge is 0.494 e. The van der Waals surface area contributed by atoms with Gasteiger partial charge in [-0.2, -0.15) is 0 Å². The van der Waals surface area contributed by atoms with Crippen molar-refractivity contribution in [2.45, 2.75) is 76.0 Å². The van der Waals surface area contributed by atoms with Crippen molar-refractivity contribution in [2.75, 3.05) is 19.8 Å². The van der Waals surface area contributed by atoms with Crippen molar-refractivity contribution in [3.63, 3.8) is 0 Å². The van der Waals surface area contributed by atoms with E-state index in [0.717, 1.165) is 56.3 Å². The van der Waals surface area contributed by atoms with Crippen LogP contribution in [0.25, 0.3) is 0 Å². The molecule has 180 valence electrons. The van der Waals surface area contributed by atoms with E-state index in [1.165, 1.54) is 4.90 Å². The van der Waals surface area contributed by atoms with Gasteiger partial charge in [-0.15, -0.1) is 0 Å². The second kappa shape index (κ2) is 11.0. The zero-order valence-electron chi connectivity index (χ0n) is 19.0. The van der Waals surface area contributed by atoms with Crippen molar-refractivity contribution in [1.29, 1.82) is 0 Å². The molecular formula is C25H34N2O6. The minimum atomic E-state index is -1.03. The molecule has 2 aliphatic heterocycles. The van der Waals surface area contributed by atoms with Crippen molar-refractivity contribution in [1.82, 2.24) is 10.2 Å². The first-order valence-corrected chi connectivity index (χ1v) is 12.2. The molecule has 0 aromatic heterocycles. The maximum absolute atomic E-state index is 13.7. The second-order valence-electron chi connectivity index (χ2n) is 9.40. The number of rotatable bonds is 2. The van der Waals surface area contributed by atoms with Crippen LogP contribution in [0.15, 0.2) is 24.3 Å². The third-order valence-electron chi connectivity index (χ3n) is 6.96. The van der Waals surface area contributed by atoms with Crippen LogP contribution in [0.3, 0.4) is 0 Å². The third-order valence-corrected chi connectivity index (χ3v) is 6.96. The summed E-state index contributed by atoms with van der Waals surface area (Å²) in [6, 6.07) is 5.83. The molecule has 2 heterocycles. The molecular weight excluding hydrogens is 424 g/mol. The number of hydrogen-bond acceptors (Lipinski definition) is 5. The van der Waals surface area contributed by atoms with Gasteiger partial charge in [0.1, 0.15) is 17.8 Å². The van der Waals surface area contributed by atoms with Gasteiger partial charge in [-0.3, -0.25) is 9.59 Å². The van der Waals surface area contributed by atoms with E-state index in [2.05, 4.69) is 5.32 Å². The Morgan fingerprint density at radius 1 is 1.06 bits per heavy atom. The zero-order chi connectivity index (χ0) is 23.2. The summed E-state index contributed by atoms with van der Waals surface area (Å²) in [5.41, 5.74) is 0.817. The summed E-state index contributed by atoms with van der Waals surface area (Å²) < 4.78 is 11.8. The Kier molecular flexibility index (Phi) is 7.85. The summed E-state index contributed by atoms with van der Waals surface area (Å²) >= 11 is 0. The molecule has 2 amide bonds. The monoisotopic (exact) mass is 458 g/mol. The number of aliphatic carboxylic acids is 1. The summed E-state index contributed by atoms with van der Waals surface area (Å²) in [7, 11) is 0. The van der Waals surface area contributed by atoms with Crippen molar-refractivity contribution in [2.24, 2.45) is 5.92 Å². The van der Waals surface area contributed by atoms with E-state index < -0.39 is 18.1 Å². The Morgan fingerprint density at radius 2 is 1.85 bits per heavy atom. The fraction of sp³-hybridized carbons (Fsp3) is 0.640. The minimum absolute atomic E-state index is 0.0152. The summed E-state index contributed by atoms with van der Waals surface area (Å²) in [6.45, 7) is 1.27. The number of carboxylic acid groups (broad SMARTS) is 1. The van der Waals surface area contributed by atoms with E-state index in [1.807, 2.05) is 24.3 Å². The molecule has 4 bridgehead atoms. The summed E-state index contributed by atoms with van der Waals surface area (Å²) in [6.07, 6.45) is 6.53. The van der Waals surface area contributed by atoms with Gasteiger partial charge >= 0.3 is 5.97 Å². The van der Waals surface area contributed by atoms with Crippen LogP contribution >= 0.6 is 0 Å². The first-order chi connectivity index (χ1) is 16.0.